The molecule has 1 aromatic heterocycles. The van der Waals surface area contributed by atoms with Crippen molar-refractivity contribution >= 4 is 19.7 Å². The molecule has 5 nitrogen and oxygen atoms in total. The van der Waals surface area contributed by atoms with E-state index in [2.05, 4.69) is 10.2 Å². The topological polar surface area (TPSA) is 64.8 Å². The molecule has 0 atom stereocenters. The second kappa shape index (κ2) is 5.49. The van der Waals surface area contributed by atoms with Crippen molar-refractivity contribution in [3.63, 3.8) is 0 Å². The fourth-order valence-corrected chi connectivity index (χ4v) is 2.72. The zero-order valence-corrected chi connectivity index (χ0v) is 12.5. The Morgan fingerprint density at radius 3 is 2.35 bits per heavy atom. The van der Waals surface area contributed by atoms with Crippen molar-refractivity contribution in [3.8, 4) is 11.4 Å². The lowest BCUT2D eigenvalue weighted by molar-refractivity contribution is 0.488. The van der Waals surface area contributed by atoms with Gasteiger partial charge in [0.15, 0.2) is 5.82 Å². The minimum atomic E-state index is -3.99. The van der Waals surface area contributed by atoms with Crippen LogP contribution in [-0.4, -0.2) is 23.2 Å². The standard InChI is InChI=1S/C12H13ClFN3O2S/c1-8(2)7-17-11(9-3-5-10(14)6-4-9)15-16-12(17)20(13,18)19/h3-6,8H,7H2,1-2H3. The Morgan fingerprint density at radius 2 is 1.85 bits per heavy atom. The van der Waals surface area contributed by atoms with Crippen LogP contribution in [-0.2, 0) is 15.6 Å². The molecule has 0 aliphatic heterocycles. The van der Waals surface area contributed by atoms with Crippen LogP contribution >= 0.6 is 10.7 Å². The molecule has 2 aromatic rings. The lowest BCUT2D eigenvalue weighted by atomic mass is 10.2. The summed E-state index contributed by atoms with van der Waals surface area (Å²) in [4.78, 5) is 0. The molecule has 0 bridgehead atoms. The van der Waals surface area contributed by atoms with Gasteiger partial charge in [0, 0.05) is 22.8 Å². The van der Waals surface area contributed by atoms with Gasteiger partial charge in [-0.1, -0.05) is 13.8 Å². The Labute approximate surface area is 120 Å². The molecule has 0 spiro atoms. The predicted octanol–water partition coefficient (Wildman–Crippen LogP) is 2.67. The van der Waals surface area contributed by atoms with Gasteiger partial charge in [-0.3, -0.25) is 4.57 Å². The van der Waals surface area contributed by atoms with Crippen molar-refractivity contribution in [1.29, 1.82) is 0 Å². The molecule has 0 aliphatic rings. The molecule has 0 radical (unpaired) electrons. The van der Waals surface area contributed by atoms with Gasteiger partial charge < -0.3 is 0 Å². The lowest BCUT2D eigenvalue weighted by Crippen LogP contribution is -2.11. The molecular weight excluding hydrogens is 305 g/mol. The van der Waals surface area contributed by atoms with Gasteiger partial charge in [-0.2, -0.15) is 0 Å². The first-order chi connectivity index (χ1) is 9.29. The molecule has 0 amide bonds. The average molecular weight is 318 g/mol. The van der Waals surface area contributed by atoms with Crippen molar-refractivity contribution in [2.24, 2.45) is 5.92 Å². The van der Waals surface area contributed by atoms with Crippen molar-refractivity contribution in [1.82, 2.24) is 14.8 Å². The highest BCUT2D eigenvalue weighted by Crippen LogP contribution is 2.23. The van der Waals surface area contributed by atoms with E-state index in [-0.39, 0.29) is 16.9 Å². The number of hydrogen-bond acceptors (Lipinski definition) is 4. The molecule has 108 valence electrons. The predicted molar refractivity (Wildman–Crippen MR) is 73.3 cm³/mol. The fourth-order valence-electron chi connectivity index (χ4n) is 1.81. The number of benzene rings is 1. The SMILES string of the molecule is CC(C)Cn1c(-c2ccc(F)cc2)nnc1S(=O)(=O)Cl. The summed E-state index contributed by atoms with van der Waals surface area (Å²) >= 11 is 0. The molecule has 0 saturated heterocycles. The van der Waals surface area contributed by atoms with Crippen molar-refractivity contribution < 1.29 is 12.8 Å². The Balaban J connectivity index is 2.59. The van der Waals surface area contributed by atoms with E-state index in [1.54, 1.807) is 0 Å². The first-order valence-electron chi connectivity index (χ1n) is 5.93. The second-order valence-corrected chi connectivity index (χ2v) is 7.22. The molecule has 20 heavy (non-hydrogen) atoms. The van der Waals surface area contributed by atoms with Crippen LogP contribution < -0.4 is 0 Å². The number of hydrogen-bond donors (Lipinski definition) is 0. The van der Waals surface area contributed by atoms with Crippen LogP contribution in [0.5, 0.6) is 0 Å². The third-order valence-corrected chi connectivity index (χ3v) is 3.74. The normalized spacial score (nSPS) is 12.1. The first-order valence-corrected chi connectivity index (χ1v) is 8.24. The van der Waals surface area contributed by atoms with Gasteiger partial charge in [0.1, 0.15) is 5.82 Å². The molecule has 2 rings (SSSR count). The smallest absolute Gasteiger partial charge is 0.296 e. The maximum absolute atomic E-state index is 12.9. The number of aromatic nitrogens is 3. The van der Waals surface area contributed by atoms with Crippen LogP contribution in [0.4, 0.5) is 4.39 Å². The van der Waals surface area contributed by atoms with Gasteiger partial charge in [0.2, 0.25) is 0 Å². The summed E-state index contributed by atoms with van der Waals surface area (Å²) < 4.78 is 37.4. The third-order valence-electron chi connectivity index (χ3n) is 2.59. The Bertz CT molecular complexity index is 711. The van der Waals surface area contributed by atoms with E-state index < -0.39 is 9.05 Å². The minimum Gasteiger partial charge on any atom is -0.297 e. The highest BCUT2D eigenvalue weighted by Gasteiger charge is 2.23. The summed E-state index contributed by atoms with van der Waals surface area (Å²) in [7, 11) is 1.38. The molecule has 8 heteroatoms. The molecule has 0 fully saturated rings. The van der Waals surface area contributed by atoms with E-state index in [0.717, 1.165) is 0 Å². The zero-order chi connectivity index (χ0) is 14.9. The quantitative estimate of drug-likeness (QED) is 0.813. The molecule has 0 saturated carbocycles. The highest BCUT2D eigenvalue weighted by atomic mass is 35.7. The monoisotopic (exact) mass is 317 g/mol. The van der Waals surface area contributed by atoms with Gasteiger partial charge in [-0.05, 0) is 30.2 Å². The molecule has 0 aliphatic carbocycles. The van der Waals surface area contributed by atoms with Crippen LogP contribution in [0.3, 0.4) is 0 Å². The number of rotatable bonds is 4. The van der Waals surface area contributed by atoms with E-state index in [4.69, 9.17) is 10.7 Å². The molecule has 1 aromatic carbocycles. The van der Waals surface area contributed by atoms with Crippen molar-refractivity contribution in [2.45, 2.75) is 25.5 Å². The maximum atomic E-state index is 12.9. The number of halogens is 2. The minimum absolute atomic E-state index is 0.169. The van der Waals surface area contributed by atoms with E-state index in [9.17, 15) is 12.8 Å². The summed E-state index contributed by atoms with van der Waals surface area (Å²) in [5.74, 6) is 0.133. The van der Waals surface area contributed by atoms with Crippen LogP contribution in [0.25, 0.3) is 11.4 Å². The van der Waals surface area contributed by atoms with E-state index in [1.165, 1.54) is 28.8 Å². The van der Waals surface area contributed by atoms with Gasteiger partial charge >= 0.3 is 0 Å². The van der Waals surface area contributed by atoms with Crippen LogP contribution in [0.2, 0.25) is 0 Å². The molecular formula is C12H13ClFN3O2S. The van der Waals surface area contributed by atoms with Crippen molar-refractivity contribution in [3.05, 3.63) is 30.1 Å². The largest absolute Gasteiger partial charge is 0.297 e. The summed E-state index contributed by atoms with van der Waals surface area (Å²) in [6.07, 6.45) is 0. The van der Waals surface area contributed by atoms with Gasteiger partial charge in [0.05, 0.1) is 0 Å². The number of nitrogens with zero attached hydrogens (tertiary/aromatic N) is 3. The zero-order valence-electron chi connectivity index (χ0n) is 10.9. The molecule has 0 N–H and O–H groups in total. The van der Waals surface area contributed by atoms with Crippen LogP contribution in [0.1, 0.15) is 13.8 Å². The summed E-state index contributed by atoms with van der Waals surface area (Å²) in [6.45, 7) is 4.25. The lowest BCUT2D eigenvalue weighted by Gasteiger charge is -2.11. The van der Waals surface area contributed by atoms with Gasteiger partial charge in [-0.15, -0.1) is 10.2 Å². The Hall–Kier alpha value is -1.47. The van der Waals surface area contributed by atoms with Gasteiger partial charge in [-0.25, -0.2) is 12.8 Å². The highest BCUT2D eigenvalue weighted by molar-refractivity contribution is 8.13. The van der Waals surface area contributed by atoms with E-state index in [0.29, 0.717) is 17.9 Å². The maximum Gasteiger partial charge on any atom is 0.296 e. The summed E-state index contributed by atoms with van der Waals surface area (Å²) in [6, 6.07) is 5.58. The molecule has 1 heterocycles. The van der Waals surface area contributed by atoms with Gasteiger partial charge in [0.25, 0.3) is 14.2 Å². The Morgan fingerprint density at radius 1 is 1.25 bits per heavy atom. The van der Waals surface area contributed by atoms with Crippen molar-refractivity contribution in [2.75, 3.05) is 0 Å². The Kier molecular flexibility index (Phi) is 4.10. The second-order valence-electron chi connectivity index (χ2n) is 4.76. The molecule has 0 unspecified atom stereocenters. The van der Waals surface area contributed by atoms with Crippen LogP contribution in [0, 0.1) is 11.7 Å². The first kappa shape index (κ1) is 14.9. The summed E-state index contributed by atoms with van der Waals surface area (Å²) in [5.41, 5.74) is 0.575. The van der Waals surface area contributed by atoms with Crippen LogP contribution in [0.15, 0.2) is 29.4 Å². The third kappa shape index (κ3) is 3.16. The summed E-state index contributed by atoms with van der Waals surface area (Å²) in [5, 5.41) is 7.20. The average Bonchev–Trinajstić information content (AvgIpc) is 2.72. The van der Waals surface area contributed by atoms with E-state index in [1.807, 2.05) is 13.8 Å². The van der Waals surface area contributed by atoms with E-state index >= 15 is 0 Å². The fraction of sp³-hybridized carbons (Fsp3) is 0.333.